The van der Waals surface area contributed by atoms with E-state index in [2.05, 4.69) is 84.9 Å². The normalized spacial score (nSPS) is 17.6. The Morgan fingerprint density at radius 3 is 1.78 bits per heavy atom. The molecular weight excluding hydrogens is 765 g/mol. The number of thioether (sulfide) groups is 2. The van der Waals surface area contributed by atoms with Crippen LogP contribution >= 0.6 is 23.5 Å². The number of hydrogen-bond donors (Lipinski definition) is 0. The predicted octanol–water partition coefficient (Wildman–Crippen LogP) is 11.4. The molecule has 2 spiro atoms. The van der Waals surface area contributed by atoms with Crippen molar-refractivity contribution in [1.29, 1.82) is 0 Å². The van der Waals surface area contributed by atoms with E-state index in [9.17, 15) is 4.79 Å². The minimum absolute atomic E-state index is 0.107. The molecule has 0 bridgehead atoms. The Bertz CT molecular complexity index is 2620. The molecule has 2 heterocycles. The second-order valence-corrected chi connectivity index (χ2v) is 19.8. The van der Waals surface area contributed by atoms with Crippen LogP contribution in [-0.4, -0.2) is 24.2 Å². The van der Waals surface area contributed by atoms with E-state index in [1.54, 1.807) is 29.9 Å². The van der Waals surface area contributed by atoms with Gasteiger partial charge in [0.15, 0.2) is 5.16 Å². The predicted molar refractivity (Wildman–Crippen MR) is 242 cm³/mol. The van der Waals surface area contributed by atoms with Gasteiger partial charge in [0.2, 0.25) is 0 Å². The van der Waals surface area contributed by atoms with E-state index in [1.807, 2.05) is 27.3 Å². The Balaban J connectivity index is 0.981. The van der Waals surface area contributed by atoms with Crippen LogP contribution in [0.1, 0.15) is 110 Å². The van der Waals surface area contributed by atoms with Crippen LogP contribution in [0.15, 0.2) is 129 Å². The molecule has 10 rings (SSSR count). The smallest absolute Gasteiger partial charge is 0.258 e. The second-order valence-electron chi connectivity index (χ2n) is 17.5. The third kappa shape index (κ3) is 7.24. The average molecular weight is 817 g/mol. The number of nitrogens with zero attached hydrogens (tertiary/aromatic N) is 4. The summed E-state index contributed by atoms with van der Waals surface area (Å²) in [6, 6.07) is 36.0. The molecule has 0 N–H and O–H groups in total. The van der Waals surface area contributed by atoms with Crippen LogP contribution in [0.4, 0.5) is 0 Å². The van der Waals surface area contributed by atoms with Crippen molar-refractivity contribution in [3.63, 3.8) is 0 Å². The topological polar surface area (TPSA) is 69.8 Å². The van der Waals surface area contributed by atoms with Gasteiger partial charge in [-0.2, -0.15) is 0 Å². The summed E-state index contributed by atoms with van der Waals surface area (Å²) in [6.07, 6.45) is 17.3. The Kier molecular flexibility index (Phi) is 10.7. The van der Waals surface area contributed by atoms with Crippen molar-refractivity contribution >= 4 is 23.5 Å². The zero-order valence-electron chi connectivity index (χ0n) is 33.8. The van der Waals surface area contributed by atoms with Gasteiger partial charge in [-0.1, -0.05) is 160 Å². The summed E-state index contributed by atoms with van der Waals surface area (Å²) in [5, 5.41) is 1.42. The maximum atomic E-state index is 15.1. The summed E-state index contributed by atoms with van der Waals surface area (Å²) in [5.41, 5.74) is 10.6. The maximum Gasteiger partial charge on any atom is 0.258 e. The Hall–Kier alpha value is -4.66. The molecule has 4 aliphatic rings. The van der Waals surface area contributed by atoms with Crippen LogP contribution in [0.5, 0.6) is 0 Å². The fourth-order valence-electron chi connectivity index (χ4n) is 11.0. The first-order valence-electron chi connectivity index (χ1n) is 21.8. The van der Waals surface area contributed by atoms with Crippen LogP contribution in [0.25, 0.3) is 22.5 Å². The minimum Gasteiger partial charge on any atom is -0.294 e. The van der Waals surface area contributed by atoms with Crippen molar-refractivity contribution < 1.29 is 0 Å². The summed E-state index contributed by atoms with van der Waals surface area (Å²) in [7, 11) is 0. The van der Waals surface area contributed by atoms with Gasteiger partial charge in [0, 0.05) is 26.9 Å². The van der Waals surface area contributed by atoms with Crippen molar-refractivity contribution in [3.8, 4) is 22.5 Å². The van der Waals surface area contributed by atoms with Gasteiger partial charge >= 0.3 is 0 Å². The van der Waals surface area contributed by atoms with Gasteiger partial charge in [-0.3, -0.25) is 18.7 Å². The standard InChI is InChI=1S/C51H52N4O2S2/c56-47-43-45(40-23-11-8-20-37(40)30-50(43)26-14-1-2-15-27-50)52-34-54(47)33-39-22-10-13-25-42(39)58-35-59-49-53-46-41-24-12-9-21-38(41)31-51(28-16-3-4-17-29-51)44(46)48(57)55(49)32-36-18-6-5-7-19-36/h5-13,18-25,34H,1-4,14-17,26-33,35H2. The average Bonchev–Trinajstić information content (AvgIpc) is 3.65. The summed E-state index contributed by atoms with van der Waals surface area (Å²) >= 11 is 3.39. The first-order valence-corrected chi connectivity index (χ1v) is 23.8. The highest BCUT2D eigenvalue weighted by Crippen LogP contribution is 2.49. The molecule has 0 aliphatic heterocycles. The molecule has 6 aromatic rings. The number of benzene rings is 4. The molecule has 6 nitrogen and oxygen atoms in total. The SMILES string of the molecule is O=c1c2c(ncn1Cc1ccccc1SCSc1nc3c(c(=O)n1Cc1ccccc1)C1(CCCCCC1)Cc1ccccc1-3)-c1ccccc1CC21CCCCCC1. The van der Waals surface area contributed by atoms with Gasteiger partial charge in [-0.05, 0) is 66.8 Å². The number of hydrogen-bond acceptors (Lipinski definition) is 6. The largest absolute Gasteiger partial charge is 0.294 e. The van der Waals surface area contributed by atoms with Crippen LogP contribution < -0.4 is 11.1 Å². The van der Waals surface area contributed by atoms with Crippen molar-refractivity contribution in [2.24, 2.45) is 0 Å². The van der Waals surface area contributed by atoms with Gasteiger partial charge in [0.25, 0.3) is 11.1 Å². The lowest BCUT2D eigenvalue weighted by atomic mass is 9.65. The van der Waals surface area contributed by atoms with Gasteiger partial charge in [0.05, 0.1) is 47.0 Å². The van der Waals surface area contributed by atoms with E-state index in [-0.39, 0.29) is 21.9 Å². The molecule has 300 valence electrons. The first kappa shape index (κ1) is 38.5. The van der Waals surface area contributed by atoms with E-state index in [0.717, 1.165) is 119 Å². The van der Waals surface area contributed by atoms with Crippen LogP contribution in [0.2, 0.25) is 0 Å². The maximum absolute atomic E-state index is 15.1. The van der Waals surface area contributed by atoms with Gasteiger partial charge in [-0.25, -0.2) is 9.97 Å². The van der Waals surface area contributed by atoms with E-state index >= 15 is 4.79 Å². The highest BCUT2D eigenvalue weighted by atomic mass is 32.2. The zero-order chi connectivity index (χ0) is 39.8. The van der Waals surface area contributed by atoms with Crippen molar-refractivity contribution in [2.75, 3.05) is 5.08 Å². The van der Waals surface area contributed by atoms with Crippen molar-refractivity contribution in [2.45, 2.75) is 124 Å². The van der Waals surface area contributed by atoms with E-state index in [0.29, 0.717) is 18.2 Å². The molecular formula is C51H52N4O2S2. The highest BCUT2D eigenvalue weighted by molar-refractivity contribution is 8.16. The Labute approximate surface area is 355 Å². The minimum atomic E-state index is -0.178. The summed E-state index contributed by atoms with van der Waals surface area (Å²) in [6.45, 7) is 0.945. The molecule has 2 aromatic heterocycles. The fraction of sp³-hybridized carbons (Fsp3) is 0.373. The van der Waals surface area contributed by atoms with Gasteiger partial charge in [0.1, 0.15) is 0 Å². The lowest BCUT2D eigenvalue weighted by molar-refractivity contribution is 0.354. The van der Waals surface area contributed by atoms with Crippen molar-refractivity contribution in [3.05, 3.63) is 164 Å². The molecule has 0 radical (unpaired) electrons. The molecule has 59 heavy (non-hydrogen) atoms. The van der Waals surface area contributed by atoms with E-state index in [1.165, 1.54) is 36.8 Å². The molecule has 0 amide bonds. The van der Waals surface area contributed by atoms with Gasteiger partial charge in [-0.15, -0.1) is 11.8 Å². The summed E-state index contributed by atoms with van der Waals surface area (Å²) < 4.78 is 3.82. The van der Waals surface area contributed by atoms with Crippen LogP contribution in [-0.2, 0) is 36.8 Å². The lowest BCUT2D eigenvalue weighted by Crippen LogP contribution is -2.42. The van der Waals surface area contributed by atoms with Crippen molar-refractivity contribution in [1.82, 2.24) is 19.1 Å². The van der Waals surface area contributed by atoms with Gasteiger partial charge < -0.3 is 0 Å². The second kappa shape index (κ2) is 16.4. The zero-order valence-corrected chi connectivity index (χ0v) is 35.5. The van der Waals surface area contributed by atoms with Crippen LogP contribution in [0, 0.1) is 0 Å². The lowest BCUT2D eigenvalue weighted by Gasteiger charge is -2.39. The number of aromatic nitrogens is 4. The molecule has 2 fully saturated rings. The molecule has 4 aliphatic carbocycles. The monoisotopic (exact) mass is 816 g/mol. The third-order valence-corrected chi connectivity index (χ3v) is 16.1. The molecule has 0 atom stereocenters. The molecule has 0 saturated heterocycles. The quantitative estimate of drug-likeness (QED) is 0.0866. The van der Waals surface area contributed by atoms with E-state index in [4.69, 9.17) is 9.97 Å². The number of rotatable bonds is 8. The summed E-state index contributed by atoms with van der Waals surface area (Å²) in [5.74, 6) is 0. The third-order valence-electron chi connectivity index (χ3n) is 13.9. The molecule has 8 heteroatoms. The molecule has 2 saturated carbocycles. The highest BCUT2D eigenvalue weighted by Gasteiger charge is 2.44. The Morgan fingerprint density at radius 1 is 0.559 bits per heavy atom. The molecule has 4 aromatic carbocycles. The Morgan fingerprint density at radius 2 is 1.12 bits per heavy atom. The fourth-order valence-corrected chi connectivity index (χ4v) is 13.1. The summed E-state index contributed by atoms with van der Waals surface area (Å²) in [4.78, 5) is 41.6. The van der Waals surface area contributed by atoms with E-state index < -0.39 is 0 Å². The molecule has 0 unspecified atom stereocenters. The first-order chi connectivity index (χ1) is 29.0. The van der Waals surface area contributed by atoms with Crippen LogP contribution in [0.3, 0.4) is 0 Å². The number of fused-ring (bicyclic) bond motifs is 8.